The quantitative estimate of drug-likeness (QED) is 0.426. The van der Waals surface area contributed by atoms with Crippen LogP contribution < -0.4 is 20.5 Å². The van der Waals surface area contributed by atoms with E-state index in [9.17, 15) is 5.21 Å². The smallest absolute Gasteiger partial charge is 0.347 e. The Kier molecular flexibility index (Phi) is 5.32. The molecule has 0 atom stereocenters. The normalized spacial score (nSPS) is 10.2. The number of nitrogens with one attached hydrogen (secondary N) is 1. The zero-order chi connectivity index (χ0) is 12.7. The van der Waals surface area contributed by atoms with E-state index in [1.54, 1.807) is 6.07 Å². The van der Waals surface area contributed by atoms with Gasteiger partial charge in [0.15, 0.2) is 0 Å². The molecule has 6 nitrogen and oxygen atoms in total. The van der Waals surface area contributed by atoms with Crippen molar-refractivity contribution in [3.63, 3.8) is 0 Å². The number of nitrogen functional groups attached to an aromatic ring is 1. The van der Waals surface area contributed by atoms with Crippen molar-refractivity contribution < 1.29 is 9.47 Å². The largest absolute Gasteiger partial charge is 0.754 e. The second-order valence-electron chi connectivity index (χ2n) is 3.76. The van der Waals surface area contributed by atoms with E-state index in [1.165, 1.54) is 0 Å². The van der Waals surface area contributed by atoms with Crippen LogP contribution in [0.3, 0.4) is 0 Å². The fraction of sp³-hybridized carbons (Fsp3) is 0.636. The summed E-state index contributed by atoms with van der Waals surface area (Å²) >= 11 is 0. The van der Waals surface area contributed by atoms with Gasteiger partial charge >= 0.3 is 5.95 Å². The van der Waals surface area contributed by atoms with Crippen LogP contribution >= 0.6 is 0 Å². The average Bonchev–Trinajstić information content (AvgIpc) is 2.32. The summed E-state index contributed by atoms with van der Waals surface area (Å²) in [6.07, 6.45) is 2.94. The fourth-order valence-corrected chi connectivity index (χ4v) is 1.29. The molecule has 1 aromatic rings. The molecule has 1 heterocycles. The summed E-state index contributed by atoms with van der Waals surface area (Å²) in [5.41, 5.74) is 5.52. The van der Waals surface area contributed by atoms with Crippen LogP contribution in [0.25, 0.3) is 0 Å². The monoisotopic (exact) mass is 240 g/mol. The first-order valence-electron chi connectivity index (χ1n) is 5.95. The van der Waals surface area contributed by atoms with Gasteiger partial charge in [-0.05, 0) is 12.8 Å². The molecule has 1 rings (SSSR count). The second-order valence-corrected chi connectivity index (χ2v) is 3.76. The Morgan fingerprint density at radius 3 is 2.88 bits per heavy atom. The SMILES string of the molecule is CCCCNc1cc(OCCC)nc(N)[n+]1[O-]. The molecule has 0 aliphatic carbocycles. The van der Waals surface area contributed by atoms with Gasteiger partial charge < -0.3 is 21.0 Å². The summed E-state index contributed by atoms with van der Waals surface area (Å²) in [5.74, 6) is 0.671. The third kappa shape index (κ3) is 3.97. The van der Waals surface area contributed by atoms with Crippen LogP contribution in [0.5, 0.6) is 5.88 Å². The number of aromatic nitrogens is 2. The molecule has 3 N–H and O–H groups in total. The van der Waals surface area contributed by atoms with Gasteiger partial charge in [-0.25, -0.2) is 4.73 Å². The predicted octanol–water partition coefficient (Wildman–Crippen LogP) is 1.30. The molecule has 0 aliphatic heterocycles. The van der Waals surface area contributed by atoms with E-state index in [4.69, 9.17) is 10.5 Å². The highest BCUT2D eigenvalue weighted by molar-refractivity contribution is 5.36. The zero-order valence-electron chi connectivity index (χ0n) is 10.4. The molecule has 0 fully saturated rings. The number of hydrogen-bond acceptors (Lipinski definition) is 5. The molecule has 6 heteroatoms. The Balaban J connectivity index is 2.75. The third-order valence-corrected chi connectivity index (χ3v) is 2.20. The van der Waals surface area contributed by atoms with E-state index in [1.807, 2.05) is 6.92 Å². The molecule has 0 aromatic carbocycles. The van der Waals surface area contributed by atoms with Crippen LogP contribution in [0.15, 0.2) is 6.07 Å². The maximum absolute atomic E-state index is 11.6. The highest BCUT2D eigenvalue weighted by Gasteiger charge is 2.10. The van der Waals surface area contributed by atoms with E-state index in [2.05, 4.69) is 17.2 Å². The molecule has 0 saturated heterocycles. The number of rotatable bonds is 7. The van der Waals surface area contributed by atoms with Gasteiger partial charge in [-0.15, -0.1) is 0 Å². The van der Waals surface area contributed by atoms with E-state index >= 15 is 0 Å². The topological polar surface area (TPSA) is 87.1 Å². The Hall–Kier alpha value is -1.72. The lowest BCUT2D eigenvalue weighted by Gasteiger charge is -2.14. The Labute approximate surface area is 101 Å². The van der Waals surface area contributed by atoms with Gasteiger partial charge in [-0.1, -0.05) is 25.3 Å². The van der Waals surface area contributed by atoms with Crippen LogP contribution in [0.2, 0.25) is 0 Å². The van der Waals surface area contributed by atoms with Crippen LogP contribution in [-0.4, -0.2) is 18.1 Å². The number of anilines is 2. The summed E-state index contributed by atoms with van der Waals surface area (Å²) in [7, 11) is 0. The first-order valence-corrected chi connectivity index (χ1v) is 5.95. The molecule has 96 valence electrons. The molecule has 17 heavy (non-hydrogen) atoms. The second kappa shape index (κ2) is 6.78. The Bertz CT molecular complexity index is 358. The fourth-order valence-electron chi connectivity index (χ4n) is 1.29. The van der Waals surface area contributed by atoms with Gasteiger partial charge in [0.1, 0.15) is 0 Å². The summed E-state index contributed by atoms with van der Waals surface area (Å²) in [5, 5.41) is 14.6. The van der Waals surface area contributed by atoms with Crippen molar-refractivity contribution in [3.05, 3.63) is 11.3 Å². The van der Waals surface area contributed by atoms with Crippen LogP contribution in [0, 0.1) is 5.21 Å². The van der Waals surface area contributed by atoms with Crippen LogP contribution in [0.1, 0.15) is 33.1 Å². The number of unbranched alkanes of at least 4 members (excludes halogenated alkanes) is 1. The maximum atomic E-state index is 11.6. The molecule has 0 aliphatic rings. The first-order chi connectivity index (χ1) is 8.19. The molecular formula is C11H20N4O2. The van der Waals surface area contributed by atoms with Crippen molar-refractivity contribution in [3.8, 4) is 5.88 Å². The minimum absolute atomic E-state index is 0.0994. The van der Waals surface area contributed by atoms with Gasteiger partial charge in [0.2, 0.25) is 5.82 Å². The lowest BCUT2D eigenvalue weighted by atomic mass is 10.3. The molecule has 0 radical (unpaired) electrons. The summed E-state index contributed by atoms with van der Waals surface area (Å²) in [4.78, 5) is 3.87. The van der Waals surface area contributed by atoms with E-state index in [0.29, 0.717) is 23.0 Å². The molecule has 0 amide bonds. The highest BCUT2D eigenvalue weighted by Crippen LogP contribution is 2.13. The van der Waals surface area contributed by atoms with Crippen molar-refractivity contribution in [1.82, 2.24) is 4.98 Å². The van der Waals surface area contributed by atoms with E-state index in [0.717, 1.165) is 25.8 Å². The lowest BCUT2D eigenvalue weighted by molar-refractivity contribution is -0.577. The Morgan fingerprint density at radius 2 is 2.24 bits per heavy atom. The van der Waals surface area contributed by atoms with E-state index in [-0.39, 0.29) is 5.95 Å². The van der Waals surface area contributed by atoms with Crippen LogP contribution in [-0.2, 0) is 0 Å². The lowest BCUT2D eigenvalue weighted by Crippen LogP contribution is -2.36. The van der Waals surface area contributed by atoms with E-state index < -0.39 is 0 Å². The maximum Gasteiger partial charge on any atom is 0.347 e. The van der Waals surface area contributed by atoms with Crippen molar-refractivity contribution in [2.24, 2.45) is 0 Å². The summed E-state index contributed by atoms with van der Waals surface area (Å²) < 4.78 is 5.93. The number of nitrogens with zero attached hydrogens (tertiary/aromatic N) is 2. The summed E-state index contributed by atoms with van der Waals surface area (Å²) in [6.45, 7) is 5.38. The minimum atomic E-state index is -0.0994. The third-order valence-electron chi connectivity index (χ3n) is 2.20. The molecule has 0 spiro atoms. The predicted molar refractivity (Wildman–Crippen MR) is 66.8 cm³/mol. The van der Waals surface area contributed by atoms with Crippen molar-refractivity contribution in [1.29, 1.82) is 0 Å². The van der Waals surface area contributed by atoms with Crippen molar-refractivity contribution in [2.45, 2.75) is 33.1 Å². The van der Waals surface area contributed by atoms with Gasteiger partial charge in [0, 0.05) is 6.54 Å². The van der Waals surface area contributed by atoms with Gasteiger partial charge in [0.25, 0.3) is 5.88 Å². The van der Waals surface area contributed by atoms with Gasteiger partial charge in [-0.2, -0.15) is 0 Å². The number of ether oxygens (including phenoxy) is 1. The number of hydrogen-bond donors (Lipinski definition) is 2. The van der Waals surface area contributed by atoms with Gasteiger partial charge in [-0.3, -0.25) is 0 Å². The molecule has 0 saturated carbocycles. The molecule has 0 bridgehead atoms. The zero-order valence-corrected chi connectivity index (χ0v) is 10.4. The molecule has 0 unspecified atom stereocenters. The first kappa shape index (κ1) is 13.3. The number of nitrogens with two attached hydrogens (primary N) is 1. The Morgan fingerprint density at radius 1 is 1.47 bits per heavy atom. The average molecular weight is 240 g/mol. The van der Waals surface area contributed by atoms with Crippen molar-refractivity contribution >= 4 is 11.8 Å². The van der Waals surface area contributed by atoms with Crippen LogP contribution in [0.4, 0.5) is 11.8 Å². The summed E-state index contributed by atoms with van der Waals surface area (Å²) in [6, 6.07) is 1.58. The molecular weight excluding hydrogens is 220 g/mol. The standard InChI is InChI=1S/C11H20N4O2/c1-3-5-6-13-9-8-10(17-7-4-2)14-11(12)15(9)16/h8,13H,3-7H2,1-2H3,(H2,12,14). The van der Waals surface area contributed by atoms with Crippen molar-refractivity contribution in [2.75, 3.05) is 24.2 Å². The highest BCUT2D eigenvalue weighted by atomic mass is 16.5. The minimum Gasteiger partial charge on any atom is -0.754 e. The molecule has 1 aromatic heterocycles. The van der Waals surface area contributed by atoms with Gasteiger partial charge in [0.05, 0.1) is 12.7 Å².